The van der Waals surface area contributed by atoms with E-state index in [0.717, 1.165) is 5.56 Å². The zero-order chi connectivity index (χ0) is 19.2. The van der Waals surface area contributed by atoms with Crippen LogP contribution in [0, 0.1) is 12.3 Å². The molecule has 0 aliphatic carbocycles. The molecule has 2 aromatic heterocycles. The van der Waals surface area contributed by atoms with Gasteiger partial charge in [0.2, 0.25) is 5.88 Å². The molecule has 0 saturated carbocycles. The zero-order valence-corrected chi connectivity index (χ0v) is 15.8. The lowest BCUT2D eigenvalue weighted by molar-refractivity contribution is -0.00793. The van der Waals surface area contributed by atoms with Crippen molar-refractivity contribution < 1.29 is 9.47 Å². The van der Waals surface area contributed by atoms with Gasteiger partial charge < -0.3 is 9.47 Å². The van der Waals surface area contributed by atoms with E-state index < -0.39 is 0 Å². The number of aromatic nitrogens is 4. The maximum atomic E-state index is 11.8. The highest BCUT2D eigenvalue weighted by molar-refractivity contribution is 5.41. The van der Waals surface area contributed by atoms with E-state index >= 15 is 0 Å². The van der Waals surface area contributed by atoms with Crippen molar-refractivity contribution in [3.05, 3.63) is 64.0 Å². The molecule has 7 nitrogen and oxygen atoms in total. The van der Waals surface area contributed by atoms with E-state index in [1.54, 1.807) is 25.3 Å². The van der Waals surface area contributed by atoms with Gasteiger partial charge in [-0.15, -0.1) is 0 Å². The van der Waals surface area contributed by atoms with Crippen molar-refractivity contribution in [1.82, 2.24) is 19.7 Å². The second-order valence-electron chi connectivity index (χ2n) is 7.79. The van der Waals surface area contributed by atoms with Crippen LogP contribution >= 0.6 is 0 Å². The first-order valence-electron chi connectivity index (χ1n) is 8.85. The Morgan fingerprint density at radius 1 is 1.26 bits per heavy atom. The summed E-state index contributed by atoms with van der Waals surface area (Å²) in [4.78, 5) is 16.1. The topological polar surface area (TPSA) is 82.0 Å². The Morgan fingerprint density at radius 3 is 2.70 bits per heavy atom. The maximum Gasteiger partial charge on any atom is 0.347 e. The lowest BCUT2D eigenvalue weighted by Crippen LogP contribution is -2.17. The number of H-pyrrole nitrogens is 1. The molecule has 0 fully saturated rings. The predicted octanol–water partition coefficient (Wildman–Crippen LogP) is 3.67. The minimum Gasteiger partial charge on any atom is -0.439 e. The van der Waals surface area contributed by atoms with Crippen molar-refractivity contribution in [3.8, 4) is 17.3 Å². The number of rotatable bonds is 3. The molecule has 27 heavy (non-hydrogen) atoms. The number of hydrogen-bond acceptors (Lipinski definition) is 5. The fourth-order valence-electron chi connectivity index (χ4n) is 3.36. The average Bonchev–Trinajstić information content (AvgIpc) is 3.19. The third-order valence-corrected chi connectivity index (χ3v) is 4.63. The SMILES string of the molecule is Cc1n[nH]c(=O)n1-c1ccc(Oc2ccc3c(c2)[C@H](C(C)(C)C)OC3)nc1. The molecule has 4 rings (SSSR count). The lowest BCUT2D eigenvalue weighted by atomic mass is 9.84. The number of aryl methyl sites for hydroxylation is 1. The van der Waals surface area contributed by atoms with Crippen LogP contribution in [0.4, 0.5) is 0 Å². The average molecular weight is 366 g/mol. The van der Waals surface area contributed by atoms with Gasteiger partial charge in [-0.05, 0) is 41.7 Å². The predicted molar refractivity (Wildman–Crippen MR) is 100 cm³/mol. The standard InChI is InChI=1S/C20H22N4O3/c1-12-22-23-19(25)24(12)14-6-8-17(21-10-14)27-15-7-5-13-11-26-18(16(13)9-15)20(2,3)4/h5-10,18H,11H2,1-4H3,(H,23,25)/t18-/m1/s1. The summed E-state index contributed by atoms with van der Waals surface area (Å²) in [6.45, 7) is 8.88. The first-order valence-corrected chi connectivity index (χ1v) is 8.85. The molecule has 140 valence electrons. The molecular formula is C20H22N4O3. The van der Waals surface area contributed by atoms with Gasteiger partial charge in [0.05, 0.1) is 24.6 Å². The van der Waals surface area contributed by atoms with Gasteiger partial charge in [0, 0.05) is 6.07 Å². The summed E-state index contributed by atoms with van der Waals surface area (Å²) in [5, 5.41) is 6.31. The van der Waals surface area contributed by atoms with E-state index in [4.69, 9.17) is 9.47 Å². The summed E-state index contributed by atoms with van der Waals surface area (Å²) < 4.78 is 13.3. The van der Waals surface area contributed by atoms with Crippen LogP contribution in [-0.2, 0) is 11.3 Å². The van der Waals surface area contributed by atoms with E-state index in [0.29, 0.717) is 29.7 Å². The largest absolute Gasteiger partial charge is 0.439 e. The molecule has 1 aliphatic rings. The summed E-state index contributed by atoms with van der Waals surface area (Å²) >= 11 is 0. The molecular weight excluding hydrogens is 344 g/mol. The highest BCUT2D eigenvalue weighted by atomic mass is 16.5. The van der Waals surface area contributed by atoms with Gasteiger partial charge in [-0.25, -0.2) is 19.4 Å². The third kappa shape index (κ3) is 3.26. The molecule has 1 aliphatic heterocycles. The summed E-state index contributed by atoms with van der Waals surface area (Å²) in [5.41, 5.74) is 2.71. The van der Waals surface area contributed by atoms with Crippen molar-refractivity contribution in [2.75, 3.05) is 0 Å². The molecule has 0 unspecified atom stereocenters. The van der Waals surface area contributed by atoms with E-state index in [1.165, 1.54) is 10.1 Å². The summed E-state index contributed by atoms with van der Waals surface area (Å²) in [7, 11) is 0. The van der Waals surface area contributed by atoms with E-state index in [9.17, 15) is 4.79 Å². The van der Waals surface area contributed by atoms with Gasteiger partial charge in [0.1, 0.15) is 11.6 Å². The number of hydrogen-bond donors (Lipinski definition) is 1. The lowest BCUT2D eigenvalue weighted by Gasteiger charge is -2.27. The molecule has 0 saturated heterocycles. The van der Waals surface area contributed by atoms with Crippen LogP contribution in [0.25, 0.3) is 5.69 Å². The molecule has 0 spiro atoms. The highest BCUT2D eigenvalue weighted by Gasteiger charge is 2.33. The van der Waals surface area contributed by atoms with Crippen LogP contribution in [0.5, 0.6) is 11.6 Å². The van der Waals surface area contributed by atoms with Crippen molar-refractivity contribution in [2.24, 2.45) is 5.41 Å². The molecule has 1 atom stereocenters. The molecule has 0 radical (unpaired) electrons. The van der Waals surface area contributed by atoms with E-state index in [1.807, 2.05) is 18.2 Å². The van der Waals surface area contributed by atoms with Crippen LogP contribution in [-0.4, -0.2) is 19.7 Å². The van der Waals surface area contributed by atoms with Gasteiger partial charge in [-0.3, -0.25) is 0 Å². The minimum absolute atomic E-state index is 0.0134. The van der Waals surface area contributed by atoms with Gasteiger partial charge >= 0.3 is 5.69 Å². The van der Waals surface area contributed by atoms with Crippen molar-refractivity contribution >= 4 is 0 Å². The number of benzene rings is 1. The number of pyridine rings is 1. The van der Waals surface area contributed by atoms with Crippen LogP contribution in [0.3, 0.4) is 0 Å². The number of fused-ring (bicyclic) bond motifs is 1. The van der Waals surface area contributed by atoms with E-state index in [2.05, 4.69) is 36.0 Å². The summed E-state index contributed by atoms with van der Waals surface area (Å²) in [5.74, 6) is 1.74. The molecule has 1 N–H and O–H groups in total. The summed E-state index contributed by atoms with van der Waals surface area (Å²) in [6, 6.07) is 9.51. The quantitative estimate of drug-likeness (QED) is 0.765. The third-order valence-electron chi connectivity index (χ3n) is 4.63. The van der Waals surface area contributed by atoms with Gasteiger partial charge in [0.15, 0.2) is 0 Å². The maximum absolute atomic E-state index is 11.8. The fraction of sp³-hybridized carbons (Fsp3) is 0.350. The van der Waals surface area contributed by atoms with E-state index in [-0.39, 0.29) is 17.2 Å². The van der Waals surface area contributed by atoms with Crippen molar-refractivity contribution in [2.45, 2.75) is 40.4 Å². The Balaban J connectivity index is 1.58. The number of nitrogens with one attached hydrogen (secondary N) is 1. The smallest absolute Gasteiger partial charge is 0.347 e. The highest BCUT2D eigenvalue weighted by Crippen LogP contribution is 2.44. The second kappa shape index (κ2) is 6.35. The van der Waals surface area contributed by atoms with Gasteiger partial charge in [-0.1, -0.05) is 26.8 Å². The van der Waals surface area contributed by atoms with Gasteiger partial charge in [-0.2, -0.15) is 5.10 Å². The molecule has 0 bridgehead atoms. The Bertz CT molecular complexity index is 1030. The number of ether oxygens (including phenoxy) is 2. The van der Waals surface area contributed by atoms with Crippen LogP contribution < -0.4 is 10.4 Å². The molecule has 1 aromatic carbocycles. The number of nitrogens with zero attached hydrogens (tertiary/aromatic N) is 3. The first-order chi connectivity index (χ1) is 12.8. The van der Waals surface area contributed by atoms with Gasteiger partial charge in [0.25, 0.3) is 0 Å². The minimum atomic E-state index is -0.296. The Morgan fingerprint density at radius 2 is 2.07 bits per heavy atom. The fourth-order valence-corrected chi connectivity index (χ4v) is 3.36. The van der Waals surface area contributed by atoms with Crippen LogP contribution in [0.1, 0.15) is 43.8 Å². The number of aromatic amines is 1. The molecule has 3 aromatic rings. The Hall–Kier alpha value is -2.93. The Labute approximate surface area is 157 Å². The monoisotopic (exact) mass is 366 g/mol. The Kier molecular flexibility index (Phi) is 4.11. The van der Waals surface area contributed by atoms with Crippen LogP contribution in [0.2, 0.25) is 0 Å². The van der Waals surface area contributed by atoms with Crippen molar-refractivity contribution in [3.63, 3.8) is 0 Å². The molecule has 0 amide bonds. The normalized spacial score (nSPS) is 16.4. The molecule has 7 heteroatoms. The second-order valence-corrected chi connectivity index (χ2v) is 7.79. The first kappa shape index (κ1) is 17.5. The summed E-state index contributed by atoms with van der Waals surface area (Å²) in [6.07, 6.45) is 1.63. The molecule has 3 heterocycles. The van der Waals surface area contributed by atoms with Crippen molar-refractivity contribution in [1.29, 1.82) is 0 Å². The van der Waals surface area contributed by atoms with Crippen LogP contribution in [0.15, 0.2) is 41.3 Å². The zero-order valence-electron chi connectivity index (χ0n) is 15.8.